The second-order valence-corrected chi connectivity index (χ2v) is 9.85. The summed E-state index contributed by atoms with van der Waals surface area (Å²) in [5.41, 5.74) is 2.07. The maximum atomic E-state index is 12.9. The van der Waals surface area contributed by atoms with Crippen molar-refractivity contribution in [3.05, 3.63) is 65.7 Å². The number of benzene rings is 2. The summed E-state index contributed by atoms with van der Waals surface area (Å²) in [5.74, 6) is -0.299. The summed E-state index contributed by atoms with van der Waals surface area (Å²) < 4.78 is 0. The monoisotopic (exact) mass is 509 g/mol. The van der Waals surface area contributed by atoms with Gasteiger partial charge in [-0.25, -0.2) is 0 Å². The van der Waals surface area contributed by atoms with Crippen LogP contribution in [0.4, 0.5) is 5.69 Å². The smallest absolute Gasteiger partial charge is 0.253 e. The van der Waals surface area contributed by atoms with Crippen LogP contribution < -0.4 is 16.0 Å². The van der Waals surface area contributed by atoms with Crippen molar-refractivity contribution in [3.63, 3.8) is 0 Å². The molecular weight excluding hydrogens is 466 g/mol. The van der Waals surface area contributed by atoms with Crippen molar-refractivity contribution >= 4 is 34.8 Å². The van der Waals surface area contributed by atoms with E-state index in [0.29, 0.717) is 17.7 Å². The molecule has 2 rings (SSSR count). The van der Waals surface area contributed by atoms with Crippen LogP contribution in [0.25, 0.3) is 0 Å². The van der Waals surface area contributed by atoms with Crippen LogP contribution in [0.15, 0.2) is 54.6 Å². The molecule has 0 aliphatic rings. The Bertz CT molecular complexity index is 933. The summed E-state index contributed by atoms with van der Waals surface area (Å²) >= 11 is 5.34. The number of rotatable bonds is 16. The maximum absolute atomic E-state index is 12.9. The number of hydrogen-bond acceptors (Lipinski definition) is 3. The lowest BCUT2D eigenvalue weighted by Crippen LogP contribution is -2.35. The highest BCUT2D eigenvalue weighted by Crippen LogP contribution is 2.18. The van der Waals surface area contributed by atoms with Gasteiger partial charge in [0.15, 0.2) is 5.11 Å². The van der Waals surface area contributed by atoms with Crippen LogP contribution in [0, 0.1) is 0 Å². The zero-order valence-corrected chi connectivity index (χ0v) is 22.8. The molecule has 0 saturated heterocycles. The SMILES string of the molecule is CCCCCCCCCCCCCC(=O)NC(=S)Nc1ccccc1C(=O)NC(C)c1ccccc1. The Morgan fingerprint density at radius 3 is 1.97 bits per heavy atom. The fraction of sp³-hybridized carbons (Fsp3) is 0.500. The molecule has 0 aliphatic carbocycles. The summed E-state index contributed by atoms with van der Waals surface area (Å²) in [7, 11) is 0. The van der Waals surface area contributed by atoms with Crippen LogP contribution in [-0.4, -0.2) is 16.9 Å². The topological polar surface area (TPSA) is 70.2 Å². The van der Waals surface area contributed by atoms with Crippen LogP contribution in [0.1, 0.15) is 113 Å². The van der Waals surface area contributed by atoms with E-state index in [1.807, 2.05) is 43.3 Å². The summed E-state index contributed by atoms with van der Waals surface area (Å²) in [4.78, 5) is 25.2. The van der Waals surface area contributed by atoms with Crippen molar-refractivity contribution in [1.29, 1.82) is 0 Å². The Hall–Kier alpha value is -2.73. The van der Waals surface area contributed by atoms with E-state index < -0.39 is 0 Å². The van der Waals surface area contributed by atoms with Crippen molar-refractivity contribution in [2.24, 2.45) is 0 Å². The van der Waals surface area contributed by atoms with Crippen LogP contribution >= 0.6 is 12.2 Å². The molecule has 2 amide bonds. The molecule has 2 aromatic rings. The molecular formula is C30H43N3O2S. The summed E-state index contributed by atoms with van der Waals surface area (Å²) in [6, 6.07) is 16.8. The van der Waals surface area contributed by atoms with Crippen molar-refractivity contribution < 1.29 is 9.59 Å². The van der Waals surface area contributed by atoms with Crippen LogP contribution in [0.3, 0.4) is 0 Å². The lowest BCUT2D eigenvalue weighted by atomic mass is 10.1. The van der Waals surface area contributed by atoms with Crippen molar-refractivity contribution in [2.45, 2.75) is 96.9 Å². The van der Waals surface area contributed by atoms with Crippen LogP contribution in [0.5, 0.6) is 0 Å². The molecule has 0 aliphatic heterocycles. The molecule has 6 heteroatoms. The number of nitrogens with one attached hydrogen (secondary N) is 3. The third-order valence-corrected chi connectivity index (χ3v) is 6.53. The van der Waals surface area contributed by atoms with Gasteiger partial charge < -0.3 is 16.0 Å². The van der Waals surface area contributed by atoms with Gasteiger partial charge in [0.1, 0.15) is 0 Å². The van der Waals surface area contributed by atoms with E-state index in [4.69, 9.17) is 12.2 Å². The molecule has 5 nitrogen and oxygen atoms in total. The Labute approximate surface area is 222 Å². The van der Waals surface area contributed by atoms with Gasteiger partial charge in [0, 0.05) is 6.42 Å². The van der Waals surface area contributed by atoms with Crippen molar-refractivity contribution in [2.75, 3.05) is 5.32 Å². The molecule has 0 saturated carbocycles. The van der Waals surface area contributed by atoms with E-state index in [-0.39, 0.29) is 23.0 Å². The lowest BCUT2D eigenvalue weighted by molar-refractivity contribution is -0.119. The third kappa shape index (κ3) is 11.8. The number of carbonyl (C=O) groups excluding carboxylic acids is 2. The Kier molecular flexibility index (Phi) is 14.5. The average Bonchev–Trinajstić information content (AvgIpc) is 2.88. The first-order valence-electron chi connectivity index (χ1n) is 13.6. The number of carbonyl (C=O) groups is 2. The molecule has 0 radical (unpaired) electrons. The largest absolute Gasteiger partial charge is 0.345 e. The first-order chi connectivity index (χ1) is 17.5. The van der Waals surface area contributed by atoms with E-state index in [9.17, 15) is 9.59 Å². The third-order valence-electron chi connectivity index (χ3n) is 6.33. The second kappa shape index (κ2) is 17.7. The van der Waals surface area contributed by atoms with E-state index in [0.717, 1.165) is 18.4 Å². The Balaban J connectivity index is 1.67. The molecule has 1 unspecified atom stereocenters. The van der Waals surface area contributed by atoms with E-state index in [1.165, 1.54) is 57.8 Å². The predicted molar refractivity (Wildman–Crippen MR) is 154 cm³/mol. The molecule has 0 aromatic heterocycles. The Morgan fingerprint density at radius 1 is 0.778 bits per heavy atom. The summed E-state index contributed by atoms with van der Waals surface area (Å²) in [6.07, 6.45) is 14.2. The van der Waals surface area contributed by atoms with E-state index >= 15 is 0 Å². The molecule has 0 spiro atoms. The van der Waals surface area contributed by atoms with E-state index in [1.54, 1.807) is 18.2 Å². The molecule has 3 N–H and O–H groups in total. The molecule has 0 heterocycles. The van der Waals surface area contributed by atoms with Crippen LogP contribution in [0.2, 0.25) is 0 Å². The van der Waals surface area contributed by atoms with Gasteiger partial charge in [-0.3, -0.25) is 9.59 Å². The molecule has 0 fully saturated rings. The van der Waals surface area contributed by atoms with Gasteiger partial charge >= 0.3 is 0 Å². The van der Waals surface area contributed by atoms with Gasteiger partial charge in [0.2, 0.25) is 5.91 Å². The molecule has 2 aromatic carbocycles. The van der Waals surface area contributed by atoms with Gasteiger partial charge in [-0.15, -0.1) is 0 Å². The van der Waals surface area contributed by atoms with Gasteiger partial charge in [-0.05, 0) is 43.3 Å². The van der Waals surface area contributed by atoms with Crippen molar-refractivity contribution in [3.8, 4) is 0 Å². The first-order valence-corrected chi connectivity index (χ1v) is 14.0. The highest BCUT2D eigenvalue weighted by Gasteiger charge is 2.15. The normalized spacial score (nSPS) is 11.5. The van der Waals surface area contributed by atoms with E-state index in [2.05, 4.69) is 22.9 Å². The number of amides is 2. The van der Waals surface area contributed by atoms with Crippen LogP contribution in [-0.2, 0) is 4.79 Å². The van der Waals surface area contributed by atoms with Gasteiger partial charge in [-0.2, -0.15) is 0 Å². The lowest BCUT2D eigenvalue weighted by Gasteiger charge is -2.17. The molecule has 36 heavy (non-hydrogen) atoms. The number of unbranched alkanes of at least 4 members (excludes halogenated alkanes) is 10. The first kappa shape index (κ1) is 29.5. The van der Waals surface area contributed by atoms with Gasteiger partial charge in [0.25, 0.3) is 5.91 Å². The van der Waals surface area contributed by atoms with Gasteiger partial charge in [0.05, 0.1) is 17.3 Å². The fourth-order valence-electron chi connectivity index (χ4n) is 4.18. The minimum Gasteiger partial charge on any atom is -0.345 e. The minimum absolute atomic E-state index is 0.0944. The number of hydrogen-bond donors (Lipinski definition) is 3. The summed E-state index contributed by atoms with van der Waals surface area (Å²) in [6.45, 7) is 4.20. The zero-order chi connectivity index (χ0) is 26.0. The van der Waals surface area contributed by atoms with Gasteiger partial charge in [-0.1, -0.05) is 114 Å². The standard InChI is InChI=1S/C30H43N3O2S/c1-3-4-5-6-7-8-9-10-11-12-16-23-28(34)33-30(36)32-27-22-18-17-21-26(27)29(35)31-24(2)25-19-14-13-15-20-25/h13-15,17-22,24H,3-12,16,23H2,1-2H3,(H,31,35)(H2,32,33,34,36). The fourth-order valence-corrected chi connectivity index (χ4v) is 4.41. The maximum Gasteiger partial charge on any atom is 0.253 e. The number of thiocarbonyl (C=S) groups is 1. The molecule has 1 atom stereocenters. The molecule has 196 valence electrons. The Morgan fingerprint density at radius 2 is 1.33 bits per heavy atom. The average molecular weight is 510 g/mol. The highest BCUT2D eigenvalue weighted by atomic mass is 32.1. The van der Waals surface area contributed by atoms with Crippen molar-refractivity contribution in [1.82, 2.24) is 10.6 Å². The quantitative estimate of drug-likeness (QED) is 0.160. The molecule has 0 bridgehead atoms. The highest BCUT2D eigenvalue weighted by molar-refractivity contribution is 7.80. The summed E-state index contributed by atoms with van der Waals surface area (Å²) in [5, 5.41) is 8.99. The predicted octanol–water partition coefficient (Wildman–Crippen LogP) is 7.69. The minimum atomic E-state index is -0.204. The number of anilines is 1. The second-order valence-electron chi connectivity index (χ2n) is 9.44. The zero-order valence-electron chi connectivity index (χ0n) is 22.0. The number of para-hydroxylation sites is 1.